The van der Waals surface area contributed by atoms with Crippen molar-refractivity contribution in [3.63, 3.8) is 0 Å². The molecule has 1 aliphatic heterocycles. The van der Waals surface area contributed by atoms with Crippen molar-refractivity contribution < 1.29 is 14.7 Å². The second kappa shape index (κ2) is 5.09. The zero-order valence-corrected chi connectivity index (χ0v) is 10.3. The predicted octanol–water partition coefficient (Wildman–Crippen LogP) is 1.98. The van der Waals surface area contributed by atoms with Gasteiger partial charge < -0.3 is 14.7 Å². The Hall–Kier alpha value is -1.69. The number of amidine groups is 1. The Morgan fingerprint density at radius 3 is 2.65 bits per heavy atom. The van der Waals surface area contributed by atoms with Crippen LogP contribution < -0.4 is 9.47 Å². The number of methoxy groups -OCH3 is 2. The van der Waals surface area contributed by atoms with Crippen LogP contribution in [0.2, 0.25) is 0 Å². The Morgan fingerprint density at radius 2 is 2.06 bits per heavy atom. The molecule has 1 heterocycles. The van der Waals surface area contributed by atoms with Gasteiger partial charge in [-0.15, -0.1) is 0 Å². The summed E-state index contributed by atoms with van der Waals surface area (Å²) in [5.41, 5.74) is 0.923. The first-order valence-electron chi connectivity index (χ1n) is 4.93. The van der Waals surface area contributed by atoms with E-state index in [-0.39, 0.29) is 0 Å². The highest BCUT2D eigenvalue weighted by atomic mass is 32.2. The molecule has 0 spiro atoms. The van der Waals surface area contributed by atoms with E-state index in [0.29, 0.717) is 23.1 Å². The van der Waals surface area contributed by atoms with Crippen LogP contribution in [0.5, 0.6) is 11.5 Å². The first kappa shape index (κ1) is 11.8. The van der Waals surface area contributed by atoms with Crippen molar-refractivity contribution in [3.8, 4) is 11.5 Å². The number of ether oxygens (including phenoxy) is 2. The minimum absolute atomic E-state index is 0.430. The van der Waals surface area contributed by atoms with E-state index in [2.05, 4.69) is 10.1 Å². The molecule has 5 nitrogen and oxygen atoms in total. The fraction of sp³-hybridized carbons (Fsp3) is 0.273. The number of aliphatic imine (C=N–C) groups is 1. The summed E-state index contributed by atoms with van der Waals surface area (Å²) in [6.45, 7) is 0. The first-order valence-corrected chi connectivity index (χ1v) is 5.92. The molecule has 0 saturated heterocycles. The Kier molecular flexibility index (Phi) is 3.53. The molecule has 0 amide bonds. The van der Waals surface area contributed by atoms with Gasteiger partial charge in [-0.1, -0.05) is 16.9 Å². The van der Waals surface area contributed by atoms with E-state index in [9.17, 15) is 0 Å². The summed E-state index contributed by atoms with van der Waals surface area (Å²) in [5, 5.41) is 12.5. The molecular weight excluding hydrogens is 240 g/mol. The van der Waals surface area contributed by atoms with E-state index in [1.54, 1.807) is 14.2 Å². The van der Waals surface area contributed by atoms with Gasteiger partial charge in [0.2, 0.25) is 0 Å². The summed E-state index contributed by atoms with van der Waals surface area (Å²) in [7, 11) is 3.18. The molecule has 6 heteroatoms. The molecule has 1 aromatic rings. The van der Waals surface area contributed by atoms with Crippen LogP contribution in [0.25, 0.3) is 0 Å². The van der Waals surface area contributed by atoms with Crippen molar-refractivity contribution >= 4 is 22.6 Å². The van der Waals surface area contributed by atoms with Gasteiger partial charge in [0.1, 0.15) is 5.04 Å². The molecule has 0 radical (unpaired) electrons. The number of thioether (sulfide) groups is 1. The summed E-state index contributed by atoms with van der Waals surface area (Å²) in [5.74, 6) is 2.35. The molecule has 0 saturated carbocycles. The highest BCUT2D eigenvalue weighted by Crippen LogP contribution is 2.30. The third-order valence-corrected chi connectivity index (χ3v) is 3.32. The number of hydrogen-bond donors (Lipinski definition) is 1. The summed E-state index contributed by atoms with van der Waals surface area (Å²) in [4.78, 5) is 4.19. The van der Waals surface area contributed by atoms with Crippen LogP contribution in [-0.2, 0) is 0 Å². The SMILES string of the molecule is COc1ccc(C2=NC(=NO)CS2)cc1OC. The lowest BCUT2D eigenvalue weighted by atomic mass is 10.2. The zero-order chi connectivity index (χ0) is 12.3. The maximum Gasteiger partial charge on any atom is 0.178 e. The van der Waals surface area contributed by atoms with Crippen LogP contribution in [0.3, 0.4) is 0 Å². The van der Waals surface area contributed by atoms with Crippen molar-refractivity contribution in [2.45, 2.75) is 0 Å². The largest absolute Gasteiger partial charge is 0.493 e. The molecule has 2 rings (SSSR count). The zero-order valence-electron chi connectivity index (χ0n) is 9.51. The Labute approximate surface area is 103 Å². The number of rotatable bonds is 3. The van der Waals surface area contributed by atoms with E-state index in [0.717, 1.165) is 10.6 Å². The second-order valence-electron chi connectivity index (χ2n) is 3.29. The fourth-order valence-corrected chi connectivity index (χ4v) is 2.33. The number of oxime groups is 1. The van der Waals surface area contributed by atoms with Gasteiger partial charge in [0, 0.05) is 5.56 Å². The van der Waals surface area contributed by atoms with E-state index in [1.807, 2.05) is 18.2 Å². The molecule has 0 fully saturated rings. The Bertz CT molecular complexity index is 486. The third kappa shape index (κ3) is 2.36. The average molecular weight is 252 g/mol. The number of hydrogen-bond acceptors (Lipinski definition) is 5. The quantitative estimate of drug-likeness (QED) is 0.660. The molecule has 90 valence electrons. The molecule has 17 heavy (non-hydrogen) atoms. The molecule has 1 aliphatic rings. The minimum atomic E-state index is 0.430. The van der Waals surface area contributed by atoms with Gasteiger partial charge in [-0.2, -0.15) is 0 Å². The molecule has 0 aromatic heterocycles. The Morgan fingerprint density at radius 1 is 1.29 bits per heavy atom. The highest BCUT2D eigenvalue weighted by Gasteiger charge is 2.17. The van der Waals surface area contributed by atoms with Crippen molar-refractivity contribution in [3.05, 3.63) is 23.8 Å². The Balaban J connectivity index is 2.35. The van der Waals surface area contributed by atoms with E-state index < -0.39 is 0 Å². The van der Waals surface area contributed by atoms with E-state index >= 15 is 0 Å². The molecule has 0 bridgehead atoms. The summed E-state index contributed by atoms with van der Waals surface area (Å²) >= 11 is 1.52. The highest BCUT2D eigenvalue weighted by molar-refractivity contribution is 8.15. The standard InChI is InChI=1S/C11H12N2O3S/c1-15-8-4-3-7(5-9(8)16-2)11-12-10(13-14)6-17-11/h3-5,14H,6H2,1-2H3. The van der Waals surface area contributed by atoms with Gasteiger partial charge in [-0.3, -0.25) is 0 Å². The molecule has 1 aromatic carbocycles. The van der Waals surface area contributed by atoms with Crippen molar-refractivity contribution in [2.24, 2.45) is 10.1 Å². The molecular formula is C11H12N2O3S. The van der Waals surface area contributed by atoms with Crippen LogP contribution in [0.1, 0.15) is 5.56 Å². The predicted molar refractivity (Wildman–Crippen MR) is 67.8 cm³/mol. The first-order chi connectivity index (χ1) is 8.28. The second-order valence-corrected chi connectivity index (χ2v) is 4.26. The summed E-state index contributed by atoms with van der Waals surface area (Å²) in [6, 6.07) is 5.57. The lowest BCUT2D eigenvalue weighted by Crippen LogP contribution is -1.96. The van der Waals surface area contributed by atoms with Crippen LogP contribution in [-0.4, -0.2) is 36.1 Å². The van der Waals surface area contributed by atoms with Crippen LogP contribution in [0.15, 0.2) is 28.3 Å². The summed E-state index contributed by atoms with van der Waals surface area (Å²) < 4.78 is 10.4. The third-order valence-electron chi connectivity index (χ3n) is 2.31. The van der Waals surface area contributed by atoms with Crippen LogP contribution >= 0.6 is 11.8 Å². The van der Waals surface area contributed by atoms with Crippen molar-refractivity contribution in [1.82, 2.24) is 0 Å². The maximum absolute atomic E-state index is 8.64. The van der Waals surface area contributed by atoms with E-state index in [4.69, 9.17) is 14.7 Å². The van der Waals surface area contributed by atoms with Gasteiger partial charge >= 0.3 is 0 Å². The lowest BCUT2D eigenvalue weighted by molar-refractivity contribution is 0.318. The lowest BCUT2D eigenvalue weighted by Gasteiger charge is -2.08. The normalized spacial score (nSPS) is 17.1. The molecule has 0 aliphatic carbocycles. The fourth-order valence-electron chi connectivity index (χ4n) is 1.48. The van der Waals surface area contributed by atoms with Gasteiger partial charge in [-0.05, 0) is 18.2 Å². The number of benzene rings is 1. The average Bonchev–Trinajstić information content (AvgIpc) is 2.86. The summed E-state index contributed by atoms with van der Waals surface area (Å²) in [6.07, 6.45) is 0. The monoisotopic (exact) mass is 252 g/mol. The van der Waals surface area contributed by atoms with Crippen molar-refractivity contribution in [1.29, 1.82) is 0 Å². The molecule has 0 unspecified atom stereocenters. The minimum Gasteiger partial charge on any atom is -0.493 e. The van der Waals surface area contributed by atoms with Crippen LogP contribution in [0, 0.1) is 0 Å². The molecule has 0 atom stereocenters. The van der Waals surface area contributed by atoms with Gasteiger partial charge in [-0.25, -0.2) is 4.99 Å². The van der Waals surface area contributed by atoms with E-state index in [1.165, 1.54) is 11.8 Å². The number of nitrogens with zero attached hydrogens (tertiary/aromatic N) is 2. The smallest absolute Gasteiger partial charge is 0.178 e. The topological polar surface area (TPSA) is 63.4 Å². The van der Waals surface area contributed by atoms with Gasteiger partial charge in [0.15, 0.2) is 17.3 Å². The maximum atomic E-state index is 8.64. The van der Waals surface area contributed by atoms with Crippen LogP contribution in [0.4, 0.5) is 0 Å². The molecule has 1 N–H and O–H groups in total. The van der Waals surface area contributed by atoms with Crippen molar-refractivity contribution in [2.75, 3.05) is 20.0 Å². The van der Waals surface area contributed by atoms with Gasteiger partial charge in [0.05, 0.1) is 20.0 Å². The van der Waals surface area contributed by atoms with Gasteiger partial charge in [0.25, 0.3) is 0 Å².